The summed E-state index contributed by atoms with van der Waals surface area (Å²) in [5.41, 5.74) is 1.94. The van der Waals surface area contributed by atoms with Crippen LogP contribution in [0.1, 0.15) is 30.6 Å². The normalized spacial score (nSPS) is 12.2. The SMILES string of the molecule is CC[C@H](O)c1ccccc1OCc1cccc(Br)c1. The molecule has 2 rings (SSSR count). The monoisotopic (exact) mass is 320 g/mol. The molecule has 2 aromatic carbocycles. The van der Waals surface area contributed by atoms with Crippen LogP contribution in [0.4, 0.5) is 0 Å². The zero-order chi connectivity index (χ0) is 13.7. The zero-order valence-corrected chi connectivity index (χ0v) is 12.4. The van der Waals surface area contributed by atoms with Crippen LogP contribution in [0.2, 0.25) is 0 Å². The zero-order valence-electron chi connectivity index (χ0n) is 10.8. The predicted octanol–water partition coefficient (Wildman–Crippen LogP) is 4.47. The van der Waals surface area contributed by atoms with Gasteiger partial charge < -0.3 is 9.84 Å². The lowest BCUT2D eigenvalue weighted by Crippen LogP contribution is -2.02. The van der Waals surface area contributed by atoms with Crippen molar-refractivity contribution in [2.75, 3.05) is 0 Å². The van der Waals surface area contributed by atoms with E-state index in [0.717, 1.165) is 21.3 Å². The van der Waals surface area contributed by atoms with Crippen molar-refractivity contribution in [1.29, 1.82) is 0 Å². The van der Waals surface area contributed by atoms with Crippen molar-refractivity contribution < 1.29 is 9.84 Å². The highest BCUT2D eigenvalue weighted by Gasteiger charge is 2.10. The van der Waals surface area contributed by atoms with E-state index >= 15 is 0 Å². The lowest BCUT2D eigenvalue weighted by molar-refractivity contribution is 0.166. The van der Waals surface area contributed by atoms with Crippen molar-refractivity contribution in [3.63, 3.8) is 0 Å². The van der Waals surface area contributed by atoms with E-state index in [1.165, 1.54) is 0 Å². The number of benzene rings is 2. The molecule has 0 aliphatic carbocycles. The van der Waals surface area contributed by atoms with Gasteiger partial charge in [0.25, 0.3) is 0 Å². The molecule has 0 amide bonds. The van der Waals surface area contributed by atoms with Gasteiger partial charge >= 0.3 is 0 Å². The Morgan fingerprint density at radius 2 is 1.95 bits per heavy atom. The summed E-state index contributed by atoms with van der Waals surface area (Å²) in [4.78, 5) is 0. The number of ether oxygens (including phenoxy) is 1. The molecule has 0 aliphatic rings. The van der Waals surface area contributed by atoms with Crippen molar-refractivity contribution in [3.05, 3.63) is 64.1 Å². The lowest BCUT2D eigenvalue weighted by atomic mass is 10.1. The van der Waals surface area contributed by atoms with E-state index in [4.69, 9.17) is 4.74 Å². The Morgan fingerprint density at radius 3 is 2.68 bits per heavy atom. The molecule has 0 saturated carbocycles. The first kappa shape index (κ1) is 14.1. The molecule has 0 aromatic heterocycles. The molecule has 1 N–H and O–H groups in total. The Kier molecular flexibility index (Phi) is 5.00. The first-order chi connectivity index (χ1) is 9.20. The van der Waals surface area contributed by atoms with E-state index in [1.807, 2.05) is 55.5 Å². The van der Waals surface area contributed by atoms with Crippen LogP contribution >= 0.6 is 15.9 Å². The molecule has 0 unspecified atom stereocenters. The second-order valence-electron chi connectivity index (χ2n) is 4.38. The van der Waals surface area contributed by atoms with E-state index in [0.29, 0.717) is 13.0 Å². The van der Waals surface area contributed by atoms with E-state index in [-0.39, 0.29) is 0 Å². The summed E-state index contributed by atoms with van der Waals surface area (Å²) in [6.07, 6.45) is 0.204. The van der Waals surface area contributed by atoms with Gasteiger partial charge in [0.2, 0.25) is 0 Å². The van der Waals surface area contributed by atoms with Crippen molar-refractivity contribution in [2.45, 2.75) is 26.1 Å². The Labute approximate surface area is 122 Å². The topological polar surface area (TPSA) is 29.5 Å². The van der Waals surface area contributed by atoms with Crippen LogP contribution in [-0.4, -0.2) is 5.11 Å². The van der Waals surface area contributed by atoms with Crippen molar-refractivity contribution in [2.24, 2.45) is 0 Å². The summed E-state index contributed by atoms with van der Waals surface area (Å²) in [5, 5.41) is 9.96. The minimum atomic E-state index is -0.473. The van der Waals surface area contributed by atoms with E-state index in [2.05, 4.69) is 15.9 Å². The molecule has 0 radical (unpaired) electrons. The predicted molar refractivity (Wildman–Crippen MR) is 80.2 cm³/mol. The molecule has 2 nitrogen and oxygen atoms in total. The highest BCUT2D eigenvalue weighted by molar-refractivity contribution is 9.10. The molecule has 0 spiro atoms. The molecule has 2 aromatic rings. The average Bonchev–Trinajstić information content (AvgIpc) is 2.45. The fourth-order valence-electron chi connectivity index (χ4n) is 1.90. The second kappa shape index (κ2) is 6.73. The summed E-state index contributed by atoms with van der Waals surface area (Å²) < 4.78 is 6.86. The summed E-state index contributed by atoms with van der Waals surface area (Å²) in [5.74, 6) is 0.747. The number of halogens is 1. The van der Waals surface area contributed by atoms with Crippen LogP contribution in [0.25, 0.3) is 0 Å². The Morgan fingerprint density at radius 1 is 1.16 bits per heavy atom. The summed E-state index contributed by atoms with van der Waals surface area (Å²) in [6.45, 7) is 2.45. The lowest BCUT2D eigenvalue weighted by Gasteiger charge is -2.15. The summed E-state index contributed by atoms with van der Waals surface area (Å²) >= 11 is 3.44. The van der Waals surface area contributed by atoms with E-state index in [1.54, 1.807) is 0 Å². The molecule has 0 saturated heterocycles. The number of rotatable bonds is 5. The molecule has 0 aliphatic heterocycles. The fraction of sp³-hybridized carbons (Fsp3) is 0.250. The van der Waals surface area contributed by atoms with Crippen molar-refractivity contribution >= 4 is 15.9 Å². The minimum absolute atomic E-state index is 0.473. The molecule has 0 bridgehead atoms. The third kappa shape index (κ3) is 3.82. The highest BCUT2D eigenvalue weighted by atomic mass is 79.9. The Bertz CT molecular complexity index is 540. The maximum absolute atomic E-state index is 9.96. The Hall–Kier alpha value is -1.32. The van der Waals surface area contributed by atoms with Gasteiger partial charge in [0.05, 0.1) is 6.10 Å². The van der Waals surface area contributed by atoms with Gasteiger partial charge in [-0.1, -0.05) is 53.2 Å². The summed E-state index contributed by atoms with van der Waals surface area (Å²) in [6, 6.07) is 15.6. The quantitative estimate of drug-likeness (QED) is 0.880. The fourth-order valence-corrected chi connectivity index (χ4v) is 2.34. The third-order valence-corrected chi connectivity index (χ3v) is 3.44. The van der Waals surface area contributed by atoms with Gasteiger partial charge in [0.1, 0.15) is 12.4 Å². The van der Waals surface area contributed by atoms with Gasteiger partial charge in [0, 0.05) is 10.0 Å². The van der Waals surface area contributed by atoms with E-state index < -0.39 is 6.10 Å². The maximum atomic E-state index is 9.96. The molecule has 19 heavy (non-hydrogen) atoms. The molecule has 1 atom stereocenters. The number of para-hydroxylation sites is 1. The van der Waals surface area contributed by atoms with Crippen LogP contribution in [0.3, 0.4) is 0 Å². The molecular formula is C16H17BrO2. The second-order valence-corrected chi connectivity index (χ2v) is 5.30. The molecule has 100 valence electrons. The van der Waals surface area contributed by atoms with E-state index in [9.17, 15) is 5.11 Å². The van der Waals surface area contributed by atoms with Gasteiger partial charge in [-0.3, -0.25) is 0 Å². The van der Waals surface area contributed by atoms with Gasteiger partial charge in [-0.05, 0) is 30.2 Å². The van der Waals surface area contributed by atoms with Crippen LogP contribution in [0.5, 0.6) is 5.75 Å². The molecule has 0 fully saturated rings. The van der Waals surface area contributed by atoms with Gasteiger partial charge in [0.15, 0.2) is 0 Å². The number of aliphatic hydroxyl groups excluding tert-OH is 1. The van der Waals surface area contributed by atoms with Crippen molar-refractivity contribution in [1.82, 2.24) is 0 Å². The Balaban J connectivity index is 2.11. The van der Waals surface area contributed by atoms with Crippen LogP contribution in [0.15, 0.2) is 53.0 Å². The largest absolute Gasteiger partial charge is 0.489 e. The molecule has 0 heterocycles. The first-order valence-electron chi connectivity index (χ1n) is 6.35. The standard InChI is InChI=1S/C16H17BrO2/c1-2-15(18)14-8-3-4-9-16(14)19-11-12-6-5-7-13(17)10-12/h3-10,15,18H,2,11H2,1H3/t15-/m0/s1. The average molecular weight is 321 g/mol. The number of hydrogen-bond donors (Lipinski definition) is 1. The van der Waals surface area contributed by atoms with Gasteiger partial charge in [-0.15, -0.1) is 0 Å². The smallest absolute Gasteiger partial charge is 0.125 e. The maximum Gasteiger partial charge on any atom is 0.125 e. The number of hydrogen-bond acceptors (Lipinski definition) is 2. The highest BCUT2D eigenvalue weighted by Crippen LogP contribution is 2.27. The first-order valence-corrected chi connectivity index (χ1v) is 7.14. The number of aliphatic hydroxyl groups is 1. The van der Waals surface area contributed by atoms with Crippen LogP contribution < -0.4 is 4.74 Å². The molecular weight excluding hydrogens is 304 g/mol. The minimum Gasteiger partial charge on any atom is -0.489 e. The van der Waals surface area contributed by atoms with Gasteiger partial charge in [-0.25, -0.2) is 0 Å². The van der Waals surface area contributed by atoms with Crippen LogP contribution in [-0.2, 0) is 6.61 Å². The summed E-state index contributed by atoms with van der Waals surface area (Å²) in [7, 11) is 0. The molecule has 3 heteroatoms. The van der Waals surface area contributed by atoms with Crippen LogP contribution in [0, 0.1) is 0 Å². The van der Waals surface area contributed by atoms with Crippen molar-refractivity contribution in [3.8, 4) is 5.75 Å². The van der Waals surface area contributed by atoms with Gasteiger partial charge in [-0.2, -0.15) is 0 Å². The third-order valence-electron chi connectivity index (χ3n) is 2.95.